The largest absolute Gasteiger partial charge is 0.497 e. The van der Waals surface area contributed by atoms with E-state index in [0.717, 1.165) is 5.52 Å². The number of hydrogen-bond donors (Lipinski definition) is 0. The molecule has 0 aliphatic carbocycles. The van der Waals surface area contributed by atoms with Gasteiger partial charge in [-0.1, -0.05) is 42.5 Å². The second kappa shape index (κ2) is 6.24. The maximum Gasteiger partial charge on any atom is 0.228 e. The first kappa shape index (κ1) is 15.1. The molecular formula is C21H15NO3. The van der Waals surface area contributed by atoms with E-state index >= 15 is 0 Å². The van der Waals surface area contributed by atoms with Crippen molar-refractivity contribution in [3.05, 3.63) is 83.9 Å². The van der Waals surface area contributed by atoms with Gasteiger partial charge in [0, 0.05) is 16.7 Å². The maximum atomic E-state index is 13.0. The monoisotopic (exact) mass is 329 g/mol. The van der Waals surface area contributed by atoms with Crippen LogP contribution in [0.5, 0.6) is 5.75 Å². The first-order valence-corrected chi connectivity index (χ1v) is 7.90. The molecule has 4 nitrogen and oxygen atoms in total. The van der Waals surface area contributed by atoms with Crippen molar-refractivity contribution in [2.24, 2.45) is 0 Å². The van der Waals surface area contributed by atoms with E-state index in [4.69, 9.17) is 9.15 Å². The van der Waals surface area contributed by atoms with Crippen molar-refractivity contribution in [2.75, 3.05) is 7.11 Å². The summed E-state index contributed by atoms with van der Waals surface area (Å²) in [5, 5.41) is 0. The van der Waals surface area contributed by atoms with Gasteiger partial charge in [0.05, 0.1) is 7.11 Å². The smallest absolute Gasteiger partial charge is 0.228 e. The molecule has 0 amide bonds. The number of methoxy groups -OCH3 is 1. The summed E-state index contributed by atoms with van der Waals surface area (Å²) in [6, 6.07) is 22.0. The van der Waals surface area contributed by atoms with Gasteiger partial charge in [0.25, 0.3) is 0 Å². The van der Waals surface area contributed by atoms with Crippen molar-refractivity contribution in [3.8, 4) is 17.2 Å². The molecular weight excluding hydrogens is 314 g/mol. The van der Waals surface area contributed by atoms with Crippen LogP contribution in [0.4, 0.5) is 0 Å². The third-order valence-electron chi connectivity index (χ3n) is 4.03. The number of carbonyl (C=O) groups excluding carboxylic acids is 1. The Morgan fingerprint density at radius 3 is 2.48 bits per heavy atom. The third kappa shape index (κ3) is 2.78. The number of fused-ring (bicyclic) bond motifs is 1. The number of aromatic nitrogens is 1. The van der Waals surface area contributed by atoms with Crippen LogP contribution in [0.2, 0.25) is 0 Å². The number of oxazole rings is 1. The van der Waals surface area contributed by atoms with E-state index in [1.807, 2.05) is 42.5 Å². The minimum absolute atomic E-state index is 0.100. The molecule has 0 N–H and O–H groups in total. The Kier molecular flexibility index (Phi) is 3.78. The average molecular weight is 329 g/mol. The van der Waals surface area contributed by atoms with E-state index < -0.39 is 0 Å². The zero-order valence-electron chi connectivity index (χ0n) is 13.6. The molecule has 4 heteroatoms. The van der Waals surface area contributed by atoms with Gasteiger partial charge in [0.15, 0.2) is 11.4 Å². The van der Waals surface area contributed by atoms with E-state index in [-0.39, 0.29) is 5.78 Å². The Labute approximate surface area is 144 Å². The van der Waals surface area contributed by atoms with Crippen LogP contribution in [-0.4, -0.2) is 17.9 Å². The highest BCUT2D eigenvalue weighted by Crippen LogP contribution is 2.31. The molecule has 3 aromatic carbocycles. The van der Waals surface area contributed by atoms with E-state index in [0.29, 0.717) is 33.9 Å². The zero-order valence-corrected chi connectivity index (χ0v) is 13.6. The number of carbonyl (C=O) groups is 1. The molecule has 25 heavy (non-hydrogen) atoms. The molecule has 0 saturated heterocycles. The minimum atomic E-state index is -0.100. The van der Waals surface area contributed by atoms with Gasteiger partial charge in [-0.25, -0.2) is 4.98 Å². The van der Waals surface area contributed by atoms with Crippen molar-refractivity contribution in [2.45, 2.75) is 0 Å². The summed E-state index contributed by atoms with van der Waals surface area (Å²) in [7, 11) is 1.57. The molecule has 0 atom stereocenters. The molecule has 1 heterocycles. The van der Waals surface area contributed by atoms with Gasteiger partial charge in [-0.05, 0) is 30.3 Å². The van der Waals surface area contributed by atoms with Crippen molar-refractivity contribution in [1.29, 1.82) is 0 Å². The van der Waals surface area contributed by atoms with Crippen LogP contribution in [0.25, 0.3) is 22.6 Å². The molecule has 0 saturated carbocycles. The first-order valence-electron chi connectivity index (χ1n) is 7.90. The fourth-order valence-electron chi connectivity index (χ4n) is 2.76. The Balaban J connectivity index is 1.89. The third-order valence-corrected chi connectivity index (χ3v) is 4.03. The number of hydrogen-bond acceptors (Lipinski definition) is 4. The first-order chi connectivity index (χ1) is 12.3. The van der Waals surface area contributed by atoms with Crippen LogP contribution in [0.3, 0.4) is 0 Å². The topological polar surface area (TPSA) is 52.3 Å². The fraction of sp³-hybridized carbons (Fsp3) is 0.0476. The zero-order chi connectivity index (χ0) is 17.2. The van der Waals surface area contributed by atoms with Gasteiger partial charge in [-0.15, -0.1) is 0 Å². The number of nitrogens with zero attached hydrogens (tertiary/aromatic N) is 1. The molecule has 0 bridgehead atoms. The second-order valence-electron chi connectivity index (χ2n) is 5.59. The molecule has 0 unspecified atom stereocenters. The van der Waals surface area contributed by atoms with Crippen LogP contribution < -0.4 is 4.74 Å². The lowest BCUT2D eigenvalue weighted by atomic mass is 9.98. The van der Waals surface area contributed by atoms with Crippen molar-refractivity contribution >= 4 is 16.9 Å². The molecule has 0 aliphatic rings. The lowest BCUT2D eigenvalue weighted by Gasteiger charge is -2.08. The summed E-state index contributed by atoms with van der Waals surface area (Å²) in [4.78, 5) is 17.5. The second-order valence-corrected chi connectivity index (χ2v) is 5.59. The van der Waals surface area contributed by atoms with Crippen molar-refractivity contribution in [1.82, 2.24) is 4.98 Å². The quantitative estimate of drug-likeness (QED) is 0.508. The molecule has 4 aromatic rings. The Bertz CT molecular complexity index is 1020. The highest BCUT2D eigenvalue weighted by molar-refractivity contribution is 6.12. The Morgan fingerprint density at radius 1 is 0.960 bits per heavy atom. The summed E-state index contributed by atoms with van der Waals surface area (Å²) in [5.74, 6) is 0.930. The molecule has 122 valence electrons. The van der Waals surface area contributed by atoms with Gasteiger partial charge in [0.1, 0.15) is 11.3 Å². The van der Waals surface area contributed by atoms with Gasteiger partial charge in [0.2, 0.25) is 5.89 Å². The lowest BCUT2D eigenvalue weighted by Crippen LogP contribution is -2.04. The van der Waals surface area contributed by atoms with Gasteiger partial charge in [-0.2, -0.15) is 0 Å². The number of rotatable bonds is 4. The van der Waals surface area contributed by atoms with Crippen LogP contribution in [0.15, 0.2) is 77.2 Å². The summed E-state index contributed by atoms with van der Waals surface area (Å²) in [6.45, 7) is 0. The van der Waals surface area contributed by atoms with E-state index in [2.05, 4.69) is 4.98 Å². The maximum absolute atomic E-state index is 13.0. The predicted octanol–water partition coefficient (Wildman–Crippen LogP) is 4.73. The average Bonchev–Trinajstić information content (AvgIpc) is 3.11. The molecule has 0 spiro atoms. The van der Waals surface area contributed by atoms with E-state index in [1.165, 1.54) is 0 Å². The molecule has 0 radical (unpaired) electrons. The minimum Gasteiger partial charge on any atom is -0.497 e. The fourth-order valence-corrected chi connectivity index (χ4v) is 2.76. The van der Waals surface area contributed by atoms with Gasteiger partial charge in [-0.3, -0.25) is 4.79 Å². The Morgan fingerprint density at radius 2 is 1.72 bits per heavy atom. The molecule has 4 rings (SSSR count). The summed E-state index contributed by atoms with van der Waals surface area (Å²) >= 11 is 0. The predicted molar refractivity (Wildman–Crippen MR) is 95.9 cm³/mol. The van der Waals surface area contributed by atoms with Gasteiger partial charge < -0.3 is 9.15 Å². The van der Waals surface area contributed by atoms with Crippen molar-refractivity contribution in [3.63, 3.8) is 0 Å². The SMILES string of the molecule is COc1ccc(-c2nc3ccccc3o2)c(C(=O)c2ccccc2)c1. The van der Waals surface area contributed by atoms with Gasteiger partial charge >= 0.3 is 0 Å². The highest BCUT2D eigenvalue weighted by Gasteiger charge is 2.19. The van der Waals surface area contributed by atoms with Crippen LogP contribution in [-0.2, 0) is 0 Å². The lowest BCUT2D eigenvalue weighted by molar-refractivity contribution is 0.103. The van der Waals surface area contributed by atoms with Crippen molar-refractivity contribution < 1.29 is 13.9 Å². The van der Waals surface area contributed by atoms with Crippen LogP contribution in [0, 0.1) is 0 Å². The summed E-state index contributed by atoms with van der Waals surface area (Å²) in [5.41, 5.74) is 3.19. The number of benzene rings is 3. The number of ether oxygens (including phenoxy) is 1. The number of ketones is 1. The Hall–Kier alpha value is -3.40. The number of para-hydroxylation sites is 2. The van der Waals surface area contributed by atoms with Crippen LogP contribution >= 0.6 is 0 Å². The standard InChI is InChI=1S/C21H15NO3/c1-24-15-11-12-16(21-22-18-9-5-6-10-19(18)25-21)17(13-15)20(23)14-7-3-2-4-8-14/h2-13H,1H3. The normalized spacial score (nSPS) is 10.8. The highest BCUT2D eigenvalue weighted by atomic mass is 16.5. The summed E-state index contributed by atoms with van der Waals surface area (Å²) in [6.07, 6.45) is 0. The van der Waals surface area contributed by atoms with Crippen LogP contribution in [0.1, 0.15) is 15.9 Å². The molecule has 1 aromatic heterocycles. The van der Waals surface area contributed by atoms with E-state index in [1.54, 1.807) is 37.4 Å². The van der Waals surface area contributed by atoms with E-state index in [9.17, 15) is 4.79 Å². The molecule has 0 aliphatic heterocycles. The summed E-state index contributed by atoms with van der Waals surface area (Å²) < 4.78 is 11.1. The molecule has 0 fully saturated rings.